The third-order valence-corrected chi connectivity index (χ3v) is 5.24. The van der Waals surface area contributed by atoms with Crippen molar-refractivity contribution in [2.24, 2.45) is 0 Å². The highest BCUT2D eigenvalue weighted by molar-refractivity contribution is 5.99. The second-order valence-corrected chi connectivity index (χ2v) is 7.22. The molecule has 0 amide bonds. The Kier molecular flexibility index (Phi) is 3.65. The number of likely N-dealkylation sites (N-methyl/N-ethyl adjacent to an activating group) is 1. The van der Waals surface area contributed by atoms with E-state index in [9.17, 15) is 18.0 Å². The molecule has 1 aromatic rings. The Morgan fingerprint density at radius 3 is 2.39 bits per heavy atom. The Morgan fingerprint density at radius 2 is 1.83 bits per heavy atom. The van der Waals surface area contributed by atoms with Gasteiger partial charge in [-0.15, -0.1) is 0 Å². The normalized spacial score (nSPS) is 23.7. The van der Waals surface area contributed by atoms with Crippen molar-refractivity contribution in [2.45, 2.75) is 43.9 Å². The van der Waals surface area contributed by atoms with E-state index in [2.05, 4.69) is 10.2 Å². The average Bonchev–Trinajstić information content (AvgIpc) is 2.91. The Hall–Kier alpha value is -1.34. The lowest BCUT2D eigenvalue weighted by atomic mass is 9.79. The first-order valence-corrected chi connectivity index (χ1v) is 7.86. The number of alkyl halides is 3. The van der Waals surface area contributed by atoms with Crippen molar-refractivity contribution in [1.29, 1.82) is 0 Å². The van der Waals surface area contributed by atoms with E-state index in [4.69, 9.17) is 0 Å². The predicted octanol–water partition coefficient (Wildman–Crippen LogP) is 2.49. The van der Waals surface area contributed by atoms with Crippen molar-refractivity contribution in [1.82, 2.24) is 14.8 Å². The summed E-state index contributed by atoms with van der Waals surface area (Å²) in [5.41, 5.74) is -0.293. The molecule has 7 heteroatoms. The van der Waals surface area contributed by atoms with E-state index in [1.807, 2.05) is 20.9 Å². The Balaban J connectivity index is 2.18. The number of carbonyl (C=O) groups is 1. The molecule has 0 radical (unpaired) electrons. The first-order valence-electron chi connectivity index (χ1n) is 7.86. The molecule has 0 bridgehead atoms. The van der Waals surface area contributed by atoms with Crippen LogP contribution in [-0.2, 0) is 11.1 Å². The van der Waals surface area contributed by atoms with Gasteiger partial charge in [0, 0.05) is 12.2 Å². The summed E-state index contributed by atoms with van der Waals surface area (Å²) in [7, 11) is 2.02. The number of aromatic nitrogens is 1. The third kappa shape index (κ3) is 2.41. The largest absolute Gasteiger partial charge is 0.456 e. The first kappa shape index (κ1) is 16.5. The van der Waals surface area contributed by atoms with E-state index in [1.54, 1.807) is 10.6 Å². The molecule has 128 valence electrons. The third-order valence-electron chi connectivity index (χ3n) is 5.24. The highest BCUT2D eigenvalue weighted by atomic mass is 19.4. The summed E-state index contributed by atoms with van der Waals surface area (Å²) in [6.45, 7) is 6.01. The maximum atomic E-state index is 13.0. The van der Waals surface area contributed by atoms with E-state index in [1.165, 1.54) is 6.07 Å². The van der Waals surface area contributed by atoms with Crippen molar-refractivity contribution in [2.75, 3.05) is 26.7 Å². The molecule has 0 atom stereocenters. The van der Waals surface area contributed by atoms with Gasteiger partial charge in [-0.3, -0.25) is 9.69 Å². The van der Waals surface area contributed by atoms with Crippen LogP contribution in [0.3, 0.4) is 0 Å². The Labute approximate surface area is 133 Å². The molecular formula is C16H22F3N3O. The molecule has 1 spiro atoms. The predicted molar refractivity (Wildman–Crippen MR) is 80.6 cm³/mol. The van der Waals surface area contributed by atoms with Gasteiger partial charge in [0.15, 0.2) is 0 Å². The van der Waals surface area contributed by atoms with Crippen molar-refractivity contribution < 1.29 is 18.0 Å². The van der Waals surface area contributed by atoms with E-state index in [-0.39, 0.29) is 11.2 Å². The zero-order chi connectivity index (χ0) is 17.0. The smallest absolute Gasteiger partial charge is 0.333 e. The number of fused-ring (bicyclic) bond motifs is 2. The van der Waals surface area contributed by atoms with Crippen LogP contribution in [-0.4, -0.2) is 48.1 Å². The molecule has 0 saturated carbocycles. The lowest BCUT2D eigenvalue weighted by Crippen LogP contribution is -2.60. The summed E-state index contributed by atoms with van der Waals surface area (Å²) < 4.78 is 40.5. The molecule has 0 unspecified atom stereocenters. The van der Waals surface area contributed by atoms with Gasteiger partial charge in [0.1, 0.15) is 0 Å². The van der Waals surface area contributed by atoms with Gasteiger partial charge in [0.05, 0.1) is 16.8 Å². The summed E-state index contributed by atoms with van der Waals surface area (Å²) in [5, 5.41) is 3.30. The lowest BCUT2D eigenvalue weighted by Gasteiger charge is -2.54. The molecule has 1 fully saturated rings. The topological polar surface area (TPSA) is 37.3 Å². The number of halogens is 3. The summed E-state index contributed by atoms with van der Waals surface area (Å²) in [6.07, 6.45) is -3.21. The fourth-order valence-corrected chi connectivity index (χ4v) is 4.25. The minimum Gasteiger partial charge on any atom is -0.333 e. The molecule has 2 aliphatic rings. The second-order valence-electron chi connectivity index (χ2n) is 7.22. The van der Waals surface area contributed by atoms with Gasteiger partial charge < -0.3 is 9.88 Å². The van der Waals surface area contributed by atoms with E-state index in [0.717, 1.165) is 31.6 Å². The van der Waals surface area contributed by atoms with E-state index >= 15 is 0 Å². The molecule has 23 heavy (non-hydrogen) atoms. The molecule has 4 nitrogen and oxygen atoms in total. The van der Waals surface area contributed by atoms with Crippen LogP contribution in [0.15, 0.2) is 12.1 Å². The van der Waals surface area contributed by atoms with Crippen molar-refractivity contribution >= 4 is 5.78 Å². The number of hydrogen-bond acceptors (Lipinski definition) is 3. The number of piperidine rings is 1. The second kappa shape index (κ2) is 5.08. The zero-order valence-corrected chi connectivity index (χ0v) is 13.6. The quantitative estimate of drug-likeness (QED) is 0.805. The summed E-state index contributed by atoms with van der Waals surface area (Å²) in [4.78, 5) is 14.1. The number of nitrogens with zero attached hydrogens (tertiary/aromatic N) is 2. The maximum absolute atomic E-state index is 13.0. The zero-order valence-electron chi connectivity index (χ0n) is 13.6. The highest BCUT2D eigenvalue weighted by Gasteiger charge is 2.50. The number of carbonyl (C=O) groups excluding carboxylic acids is 1. The minimum absolute atomic E-state index is 0.247. The van der Waals surface area contributed by atoms with Crippen LogP contribution in [0, 0.1) is 0 Å². The molecule has 1 N–H and O–H groups in total. The molecule has 1 aromatic heterocycles. The molecule has 0 aromatic carbocycles. The van der Waals surface area contributed by atoms with Gasteiger partial charge in [-0.1, -0.05) is 0 Å². The van der Waals surface area contributed by atoms with Crippen LogP contribution in [0.2, 0.25) is 0 Å². The first-order chi connectivity index (χ1) is 10.6. The van der Waals surface area contributed by atoms with Gasteiger partial charge in [0.25, 0.3) is 5.78 Å². The van der Waals surface area contributed by atoms with Crippen molar-refractivity contribution in [3.63, 3.8) is 0 Å². The van der Waals surface area contributed by atoms with Crippen LogP contribution in [0.4, 0.5) is 13.2 Å². The molecular weight excluding hydrogens is 307 g/mol. The number of rotatable bonds is 1. The molecule has 3 rings (SSSR count). The van der Waals surface area contributed by atoms with Gasteiger partial charge >= 0.3 is 6.18 Å². The van der Waals surface area contributed by atoms with Crippen LogP contribution >= 0.6 is 0 Å². The average molecular weight is 329 g/mol. The monoisotopic (exact) mass is 329 g/mol. The van der Waals surface area contributed by atoms with Crippen molar-refractivity contribution in [3.8, 4) is 0 Å². The molecule has 1 saturated heterocycles. The number of ketones is 1. The number of hydrogen-bond donors (Lipinski definition) is 1. The fourth-order valence-electron chi connectivity index (χ4n) is 4.25. The van der Waals surface area contributed by atoms with Crippen molar-refractivity contribution in [3.05, 3.63) is 23.5 Å². The minimum atomic E-state index is -4.85. The maximum Gasteiger partial charge on any atom is 0.456 e. The highest BCUT2D eigenvalue weighted by Crippen LogP contribution is 2.45. The van der Waals surface area contributed by atoms with Gasteiger partial charge in [0.2, 0.25) is 0 Å². The van der Waals surface area contributed by atoms with Crippen LogP contribution in [0.5, 0.6) is 0 Å². The van der Waals surface area contributed by atoms with Crippen LogP contribution < -0.4 is 5.32 Å². The standard InChI is InChI=1S/C16H22F3N3O/c1-14(2)10-21(3)15(6-8-20-9-7-15)12-5-4-11(22(12)14)13(23)16(17,18)19/h4-5,20H,6-10H2,1-3H3. The van der Waals surface area contributed by atoms with E-state index in [0.29, 0.717) is 6.54 Å². The number of Topliss-reactive ketones (excluding diaryl/α,β-unsaturated/α-hetero) is 1. The summed E-state index contributed by atoms with van der Waals surface area (Å²) in [5.74, 6) is -1.76. The summed E-state index contributed by atoms with van der Waals surface area (Å²) >= 11 is 0. The van der Waals surface area contributed by atoms with Gasteiger partial charge in [-0.05, 0) is 59.0 Å². The number of nitrogens with one attached hydrogen (secondary N) is 1. The molecule has 0 aliphatic carbocycles. The van der Waals surface area contributed by atoms with Gasteiger partial charge in [-0.2, -0.15) is 13.2 Å². The fraction of sp³-hybridized carbons (Fsp3) is 0.688. The molecule has 2 aliphatic heterocycles. The summed E-state index contributed by atoms with van der Waals surface area (Å²) in [6, 6.07) is 3.05. The molecule has 3 heterocycles. The Bertz CT molecular complexity index is 627. The SMILES string of the molecule is CN1CC(C)(C)n2c(C(=O)C(F)(F)F)ccc2C12CCNCC2. The van der Waals surface area contributed by atoms with E-state index < -0.39 is 17.5 Å². The van der Waals surface area contributed by atoms with Crippen LogP contribution in [0.1, 0.15) is 42.9 Å². The van der Waals surface area contributed by atoms with Gasteiger partial charge in [-0.25, -0.2) is 0 Å². The van der Waals surface area contributed by atoms with Crippen LogP contribution in [0.25, 0.3) is 0 Å². The lowest BCUT2D eigenvalue weighted by molar-refractivity contribution is -0.0896. The Morgan fingerprint density at radius 1 is 1.22 bits per heavy atom.